The Morgan fingerprint density at radius 2 is 1.72 bits per heavy atom. The van der Waals surface area contributed by atoms with E-state index in [9.17, 15) is 8.42 Å². The molecule has 1 fully saturated rings. The lowest BCUT2D eigenvalue weighted by Crippen LogP contribution is -2.34. The first-order valence-electron chi connectivity index (χ1n) is 11.8. The fraction of sp³-hybridized carbons (Fsp3) is 0.538. The van der Waals surface area contributed by atoms with Crippen molar-refractivity contribution in [3.63, 3.8) is 0 Å². The number of aryl methyl sites for hydroxylation is 2. The van der Waals surface area contributed by atoms with Crippen LogP contribution in [0.5, 0.6) is 5.75 Å². The van der Waals surface area contributed by atoms with E-state index in [1.54, 1.807) is 12.1 Å². The minimum Gasteiger partial charge on any atom is -0.493 e. The van der Waals surface area contributed by atoms with Gasteiger partial charge in [-0.05, 0) is 79.0 Å². The molecule has 1 saturated heterocycles. The fourth-order valence-electron chi connectivity index (χ4n) is 3.95. The van der Waals surface area contributed by atoms with Crippen LogP contribution in [0.2, 0.25) is 0 Å². The Labute approximate surface area is 193 Å². The third-order valence-electron chi connectivity index (χ3n) is 5.98. The molecule has 0 N–H and O–H groups in total. The molecular formula is C26H37NO4S. The molecule has 32 heavy (non-hydrogen) atoms. The van der Waals surface area contributed by atoms with E-state index in [0.717, 1.165) is 43.8 Å². The van der Waals surface area contributed by atoms with Crippen molar-refractivity contribution >= 4 is 15.7 Å². The van der Waals surface area contributed by atoms with Gasteiger partial charge in [0, 0.05) is 19.8 Å². The molecule has 0 bridgehead atoms. The summed E-state index contributed by atoms with van der Waals surface area (Å²) in [7, 11) is -3.69. The summed E-state index contributed by atoms with van der Waals surface area (Å²) in [6, 6.07) is 13.1. The van der Waals surface area contributed by atoms with E-state index >= 15 is 0 Å². The summed E-state index contributed by atoms with van der Waals surface area (Å²) >= 11 is 0. The summed E-state index contributed by atoms with van der Waals surface area (Å²) in [4.78, 5) is 0.313. The number of nitrogens with zero attached hydrogens (tertiary/aromatic N) is 1. The molecule has 1 aliphatic heterocycles. The zero-order valence-electron chi connectivity index (χ0n) is 19.8. The number of hydrogen-bond acceptors (Lipinski definition) is 4. The van der Waals surface area contributed by atoms with Gasteiger partial charge in [0.05, 0.1) is 17.2 Å². The molecule has 0 unspecified atom stereocenters. The topological polar surface area (TPSA) is 55.8 Å². The maximum atomic E-state index is 13.7. The van der Waals surface area contributed by atoms with E-state index < -0.39 is 10.0 Å². The Morgan fingerprint density at radius 3 is 2.31 bits per heavy atom. The molecule has 0 amide bonds. The first kappa shape index (κ1) is 24.6. The average molecular weight is 460 g/mol. The van der Waals surface area contributed by atoms with Gasteiger partial charge in [-0.25, -0.2) is 8.42 Å². The average Bonchev–Trinajstić information content (AvgIpc) is 2.81. The molecule has 1 aliphatic rings. The van der Waals surface area contributed by atoms with Gasteiger partial charge in [0.15, 0.2) is 0 Å². The second kappa shape index (κ2) is 11.2. The van der Waals surface area contributed by atoms with Gasteiger partial charge in [0.1, 0.15) is 5.75 Å². The Hall–Kier alpha value is -2.05. The van der Waals surface area contributed by atoms with Crippen molar-refractivity contribution in [2.75, 3.05) is 30.7 Å². The van der Waals surface area contributed by atoms with Crippen LogP contribution in [0.4, 0.5) is 5.69 Å². The molecule has 0 aliphatic carbocycles. The first-order valence-corrected chi connectivity index (χ1v) is 13.2. The van der Waals surface area contributed by atoms with Crippen molar-refractivity contribution in [3.05, 3.63) is 53.6 Å². The predicted octanol–water partition coefficient (Wildman–Crippen LogP) is 5.47. The van der Waals surface area contributed by atoms with Crippen LogP contribution in [0.15, 0.2) is 47.4 Å². The third kappa shape index (κ3) is 6.04. The van der Waals surface area contributed by atoms with Crippen molar-refractivity contribution in [2.45, 2.75) is 58.3 Å². The van der Waals surface area contributed by atoms with Crippen molar-refractivity contribution < 1.29 is 17.9 Å². The van der Waals surface area contributed by atoms with Gasteiger partial charge < -0.3 is 9.47 Å². The van der Waals surface area contributed by atoms with Gasteiger partial charge in [-0.15, -0.1) is 0 Å². The maximum Gasteiger partial charge on any atom is 0.264 e. The lowest BCUT2D eigenvalue weighted by atomic mass is 10.0. The molecule has 3 rings (SSSR count). The maximum absolute atomic E-state index is 13.7. The van der Waals surface area contributed by atoms with Crippen LogP contribution in [0.1, 0.15) is 51.7 Å². The highest BCUT2D eigenvalue weighted by atomic mass is 32.2. The van der Waals surface area contributed by atoms with Crippen molar-refractivity contribution in [3.8, 4) is 5.75 Å². The monoisotopic (exact) mass is 459 g/mol. The second-order valence-electron chi connectivity index (χ2n) is 8.94. The van der Waals surface area contributed by atoms with Crippen LogP contribution < -0.4 is 9.04 Å². The zero-order valence-corrected chi connectivity index (χ0v) is 20.7. The minimum absolute atomic E-state index is 0.198. The Kier molecular flexibility index (Phi) is 8.60. The first-order chi connectivity index (χ1) is 15.3. The van der Waals surface area contributed by atoms with E-state index in [1.165, 1.54) is 9.87 Å². The highest BCUT2D eigenvalue weighted by Gasteiger charge is 2.27. The normalized spacial score (nSPS) is 15.2. The van der Waals surface area contributed by atoms with Gasteiger partial charge in [0.25, 0.3) is 10.0 Å². The molecule has 1 heterocycles. The molecule has 2 aromatic rings. The van der Waals surface area contributed by atoms with E-state index in [1.807, 2.05) is 51.1 Å². The number of anilines is 1. The van der Waals surface area contributed by atoms with Gasteiger partial charge in [-0.1, -0.05) is 39.8 Å². The summed E-state index contributed by atoms with van der Waals surface area (Å²) in [5.41, 5.74) is 2.81. The standard InChI is InChI=1S/C26H37NO4S/c1-5-21-7-9-24(10-8-21)27(18-20(3)4)32(28,29)25-11-12-26(23(6-2)17-25)31-19-22-13-15-30-16-14-22/h7-12,17,20,22H,5-6,13-16,18-19H2,1-4H3. The summed E-state index contributed by atoms with van der Waals surface area (Å²) in [6.07, 6.45) is 3.65. The van der Waals surface area contributed by atoms with E-state index in [0.29, 0.717) is 36.1 Å². The molecule has 0 radical (unpaired) electrons. The van der Waals surface area contributed by atoms with Crippen LogP contribution in [0.25, 0.3) is 0 Å². The van der Waals surface area contributed by atoms with Crippen LogP contribution in [-0.4, -0.2) is 34.8 Å². The lowest BCUT2D eigenvalue weighted by molar-refractivity contribution is 0.0496. The van der Waals surface area contributed by atoms with E-state index in [-0.39, 0.29) is 5.92 Å². The highest BCUT2D eigenvalue weighted by Crippen LogP contribution is 2.30. The molecule has 6 heteroatoms. The van der Waals surface area contributed by atoms with Crippen molar-refractivity contribution in [2.24, 2.45) is 11.8 Å². The van der Waals surface area contributed by atoms with Gasteiger partial charge in [0.2, 0.25) is 0 Å². The Bertz CT molecular complexity index is 964. The number of ether oxygens (including phenoxy) is 2. The summed E-state index contributed by atoms with van der Waals surface area (Å²) in [5.74, 6) is 1.47. The lowest BCUT2D eigenvalue weighted by Gasteiger charge is -2.27. The van der Waals surface area contributed by atoms with Crippen LogP contribution in [-0.2, 0) is 27.6 Å². The smallest absolute Gasteiger partial charge is 0.264 e. The summed E-state index contributed by atoms with van der Waals surface area (Å²) < 4.78 is 40.4. The number of rotatable bonds is 10. The summed E-state index contributed by atoms with van der Waals surface area (Å²) in [6.45, 7) is 10.8. The van der Waals surface area contributed by atoms with Crippen LogP contribution in [0, 0.1) is 11.8 Å². The molecular weight excluding hydrogens is 422 g/mol. The van der Waals surface area contributed by atoms with Crippen molar-refractivity contribution in [1.82, 2.24) is 0 Å². The number of benzene rings is 2. The second-order valence-corrected chi connectivity index (χ2v) is 10.8. The molecule has 0 aromatic heterocycles. The fourth-order valence-corrected chi connectivity index (χ4v) is 5.63. The van der Waals surface area contributed by atoms with E-state index in [2.05, 4.69) is 6.92 Å². The third-order valence-corrected chi connectivity index (χ3v) is 7.77. The van der Waals surface area contributed by atoms with E-state index in [4.69, 9.17) is 9.47 Å². The van der Waals surface area contributed by atoms with Crippen LogP contribution in [0.3, 0.4) is 0 Å². The molecule has 0 atom stereocenters. The van der Waals surface area contributed by atoms with Gasteiger partial charge >= 0.3 is 0 Å². The quantitative estimate of drug-likeness (QED) is 0.473. The SMILES string of the molecule is CCc1ccc(N(CC(C)C)S(=O)(=O)c2ccc(OCC3CCOCC3)c(CC)c2)cc1. The Morgan fingerprint density at radius 1 is 1.03 bits per heavy atom. The predicted molar refractivity (Wildman–Crippen MR) is 130 cm³/mol. The summed E-state index contributed by atoms with van der Waals surface area (Å²) in [5, 5.41) is 0. The molecule has 5 nitrogen and oxygen atoms in total. The zero-order chi connectivity index (χ0) is 23.1. The molecule has 2 aromatic carbocycles. The highest BCUT2D eigenvalue weighted by molar-refractivity contribution is 7.92. The minimum atomic E-state index is -3.69. The largest absolute Gasteiger partial charge is 0.493 e. The number of hydrogen-bond donors (Lipinski definition) is 0. The van der Waals surface area contributed by atoms with Crippen LogP contribution >= 0.6 is 0 Å². The molecule has 0 spiro atoms. The number of sulfonamides is 1. The molecule has 0 saturated carbocycles. The van der Waals surface area contributed by atoms with Crippen molar-refractivity contribution in [1.29, 1.82) is 0 Å². The van der Waals surface area contributed by atoms with Gasteiger partial charge in [-0.2, -0.15) is 0 Å². The van der Waals surface area contributed by atoms with Gasteiger partial charge in [-0.3, -0.25) is 4.31 Å². The Balaban J connectivity index is 1.86. The molecule has 176 valence electrons.